The van der Waals surface area contributed by atoms with Gasteiger partial charge in [-0.05, 0) is 30.5 Å². The van der Waals surface area contributed by atoms with Crippen molar-refractivity contribution < 1.29 is 31.6 Å². The molecule has 158 valence electrons. The fourth-order valence-corrected chi connectivity index (χ4v) is 3.54. The molecule has 1 aromatic heterocycles. The average molecular weight is 416 g/mol. The Kier molecular flexibility index (Phi) is 5.90. The van der Waals surface area contributed by atoms with Gasteiger partial charge in [0.25, 0.3) is 5.89 Å². The summed E-state index contributed by atoms with van der Waals surface area (Å²) in [7, 11) is 1.41. The number of aromatic nitrogens is 2. The molecule has 1 unspecified atom stereocenters. The van der Waals surface area contributed by atoms with Gasteiger partial charge in [-0.15, -0.1) is 0 Å². The third kappa shape index (κ3) is 4.73. The number of amides is 1. The maximum Gasteiger partial charge on any atom is 0.396 e. The van der Waals surface area contributed by atoms with Crippen LogP contribution < -0.4 is 5.73 Å². The fourth-order valence-electron chi connectivity index (χ4n) is 3.54. The summed E-state index contributed by atoms with van der Waals surface area (Å²) in [5.74, 6) is -1.52. The predicted octanol–water partition coefficient (Wildman–Crippen LogP) is 2.48. The molecule has 7 nitrogen and oxygen atoms in total. The highest BCUT2D eigenvalue weighted by molar-refractivity contribution is 5.81. The molecule has 1 fully saturated rings. The Morgan fingerprint density at radius 1 is 1.31 bits per heavy atom. The molecule has 0 saturated carbocycles. The lowest BCUT2D eigenvalue weighted by atomic mass is 9.89. The molecule has 1 saturated heterocycles. The summed E-state index contributed by atoms with van der Waals surface area (Å²) < 4.78 is 61.4. The lowest BCUT2D eigenvalue weighted by Gasteiger charge is -2.40. The normalized spacial score (nSPS) is 18.5. The number of methoxy groups -OCH3 is 1. The Hall–Kier alpha value is -2.53. The van der Waals surface area contributed by atoms with Crippen LogP contribution in [-0.4, -0.2) is 47.3 Å². The van der Waals surface area contributed by atoms with Crippen molar-refractivity contribution in [3.8, 4) is 0 Å². The summed E-state index contributed by atoms with van der Waals surface area (Å²) in [5, 5.41) is 3.40. The van der Waals surface area contributed by atoms with Crippen molar-refractivity contribution >= 4 is 5.91 Å². The van der Waals surface area contributed by atoms with E-state index in [-0.39, 0.29) is 5.89 Å². The van der Waals surface area contributed by atoms with Crippen LogP contribution >= 0.6 is 0 Å². The number of likely N-dealkylation sites (tertiary alicyclic amines) is 1. The highest BCUT2D eigenvalue weighted by Gasteiger charge is 2.44. The topological polar surface area (TPSA) is 94.5 Å². The maximum absolute atomic E-state index is 13.2. The lowest BCUT2D eigenvalue weighted by molar-refractivity contribution is -0.129. The van der Waals surface area contributed by atoms with E-state index < -0.39 is 41.8 Å². The number of benzene rings is 1. The molecule has 0 bridgehead atoms. The fraction of sp³-hybridized carbons (Fsp3) is 0.500. The predicted molar refractivity (Wildman–Crippen MR) is 91.9 cm³/mol. The van der Waals surface area contributed by atoms with Crippen LogP contribution in [0.5, 0.6) is 0 Å². The highest BCUT2D eigenvalue weighted by atomic mass is 19.4. The minimum Gasteiger partial charge on any atom is -0.368 e. The molecule has 3 rings (SSSR count). The van der Waals surface area contributed by atoms with Gasteiger partial charge >= 0.3 is 6.18 Å². The van der Waals surface area contributed by atoms with E-state index in [1.54, 1.807) is 4.90 Å². The average Bonchev–Trinajstić information content (AvgIpc) is 3.11. The SMILES string of the molecule is COC1(c2nc(CC(F)(F)F)no2)CCN(C(C(N)=O)c2ccc(F)cc2)CC1. The zero-order valence-corrected chi connectivity index (χ0v) is 15.6. The van der Waals surface area contributed by atoms with Crippen molar-refractivity contribution in [2.24, 2.45) is 5.73 Å². The van der Waals surface area contributed by atoms with Crippen LogP contribution in [0.2, 0.25) is 0 Å². The number of rotatable bonds is 6. The number of alkyl halides is 3. The van der Waals surface area contributed by atoms with E-state index in [0.717, 1.165) is 0 Å². The maximum atomic E-state index is 13.2. The third-order valence-electron chi connectivity index (χ3n) is 5.03. The summed E-state index contributed by atoms with van der Waals surface area (Å²) >= 11 is 0. The minimum absolute atomic E-state index is 0.0312. The van der Waals surface area contributed by atoms with Gasteiger partial charge in [0.2, 0.25) is 5.91 Å². The van der Waals surface area contributed by atoms with Gasteiger partial charge in [-0.1, -0.05) is 17.3 Å². The molecule has 1 atom stereocenters. The number of hydrogen-bond donors (Lipinski definition) is 1. The van der Waals surface area contributed by atoms with E-state index in [1.165, 1.54) is 31.4 Å². The van der Waals surface area contributed by atoms with Crippen molar-refractivity contribution in [3.63, 3.8) is 0 Å². The van der Waals surface area contributed by atoms with Crippen LogP contribution in [0.15, 0.2) is 28.8 Å². The van der Waals surface area contributed by atoms with Crippen LogP contribution in [0.25, 0.3) is 0 Å². The molecule has 0 aliphatic carbocycles. The molecular weight excluding hydrogens is 396 g/mol. The van der Waals surface area contributed by atoms with Gasteiger partial charge in [0.1, 0.15) is 23.9 Å². The van der Waals surface area contributed by atoms with Gasteiger partial charge in [0.15, 0.2) is 5.82 Å². The summed E-state index contributed by atoms with van der Waals surface area (Å²) in [5.41, 5.74) is 5.05. The van der Waals surface area contributed by atoms with Crippen molar-refractivity contribution in [1.82, 2.24) is 15.0 Å². The molecule has 1 amide bonds. The number of carbonyl (C=O) groups is 1. The van der Waals surface area contributed by atoms with Crippen LogP contribution in [0.1, 0.15) is 36.2 Å². The van der Waals surface area contributed by atoms with E-state index in [4.69, 9.17) is 15.0 Å². The second-order valence-electron chi connectivity index (χ2n) is 6.90. The minimum atomic E-state index is -4.45. The summed E-state index contributed by atoms with van der Waals surface area (Å²) in [4.78, 5) is 17.7. The molecule has 2 N–H and O–H groups in total. The number of ether oxygens (including phenoxy) is 1. The zero-order valence-electron chi connectivity index (χ0n) is 15.6. The van der Waals surface area contributed by atoms with Gasteiger partial charge in [0.05, 0.1) is 0 Å². The smallest absolute Gasteiger partial charge is 0.368 e. The van der Waals surface area contributed by atoms with E-state index in [0.29, 0.717) is 31.5 Å². The van der Waals surface area contributed by atoms with Crippen LogP contribution in [0.4, 0.5) is 17.6 Å². The van der Waals surface area contributed by atoms with Crippen molar-refractivity contribution in [2.75, 3.05) is 20.2 Å². The van der Waals surface area contributed by atoms with E-state index in [1.807, 2.05) is 0 Å². The van der Waals surface area contributed by atoms with Gasteiger partial charge in [-0.2, -0.15) is 18.2 Å². The van der Waals surface area contributed by atoms with Gasteiger partial charge < -0.3 is 15.0 Å². The molecule has 11 heteroatoms. The second kappa shape index (κ2) is 8.07. The molecule has 1 aliphatic heterocycles. The Morgan fingerprint density at radius 3 is 2.45 bits per heavy atom. The third-order valence-corrected chi connectivity index (χ3v) is 5.03. The number of halogens is 4. The highest BCUT2D eigenvalue weighted by Crippen LogP contribution is 2.38. The number of primary amides is 1. The number of nitrogens with zero attached hydrogens (tertiary/aromatic N) is 3. The summed E-state index contributed by atoms with van der Waals surface area (Å²) in [6.07, 6.45) is -5.16. The van der Waals surface area contributed by atoms with Crippen LogP contribution in [-0.2, 0) is 21.6 Å². The number of nitrogens with two attached hydrogens (primary N) is 1. The summed E-state index contributed by atoms with van der Waals surface area (Å²) in [6, 6.07) is 4.70. The first-order chi connectivity index (χ1) is 13.6. The van der Waals surface area contributed by atoms with E-state index in [2.05, 4.69) is 10.1 Å². The number of carbonyl (C=O) groups excluding carboxylic acids is 1. The van der Waals surface area contributed by atoms with Gasteiger partial charge in [-0.3, -0.25) is 9.69 Å². The largest absolute Gasteiger partial charge is 0.396 e. The Morgan fingerprint density at radius 2 is 1.93 bits per heavy atom. The van der Waals surface area contributed by atoms with Gasteiger partial charge in [0, 0.05) is 20.2 Å². The zero-order chi connectivity index (χ0) is 21.2. The second-order valence-corrected chi connectivity index (χ2v) is 6.90. The van der Waals surface area contributed by atoms with Gasteiger partial charge in [-0.25, -0.2) is 4.39 Å². The Bertz CT molecular complexity index is 846. The van der Waals surface area contributed by atoms with Crippen LogP contribution in [0, 0.1) is 5.82 Å². The van der Waals surface area contributed by atoms with Crippen molar-refractivity contribution in [2.45, 2.75) is 37.1 Å². The molecule has 2 aromatic rings. The van der Waals surface area contributed by atoms with E-state index in [9.17, 15) is 22.4 Å². The molecule has 0 radical (unpaired) electrons. The summed E-state index contributed by atoms with van der Waals surface area (Å²) in [6.45, 7) is 0.658. The first-order valence-electron chi connectivity index (χ1n) is 8.87. The molecular formula is C18H20F4N4O3. The van der Waals surface area contributed by atoms with Crippen molar-refractivity contribution in [1.29, 1.82) is 0 Å². The monoisotopic (exact) mass is 416 g/mol. The Labute approximate surface area is 163 Å². The Balaban J connectivity index is 1.76. The first kappa shape index (κ1) is 21.2. The number of piperidine rings is 1. The van der Waals surface area contributed by atoms with E-state index >= 15 is 0 Å². The molecule has 2 heterocycles. The molecule has 0 spiro atoms. The van der Waals surface area contributed by atoms with Crippen molar-refractivity contribution in [3.05, 3.63) is 47.4 Å². The first-order valence-corrected chi connectivity index (χ1v) is 8.87. The molecule has 29 heavy (non-hydrogen) atoms. The standard InChI is InChI=1S/C18H20F4N4O3/c1-28-17(16-24-13(25-29-16)10-18(20,21)22)6-8-26(9-7-17)14(15(23)27)11-2-4-12(19)5-3-11/h2-5,14H,6-10H2,1H3,(H2,23,27). The quantitative estimate of drug-likeness (QED) is 0.727. The molecule has 1 aromatic carbocycles. The number of hydrogen-bond acceptors (Lipinski definition) is 6. The van der Waals surface area contributed by atoms with Crippen LogP contribution in [0.3, 0.4) is 0 Å². The molecule has 1 aliphatic rings. The lowest BCUT2D eigenvalue weighted by Crippen LogP contribution is -2.48.